The van der Waals surface area contributed by atoms with E-state index in [-0.39, 0.29) is 12.4 Å². The lowest BCUT2D eigenvalue weighted by Crippen LogP contribution is -2.54. The number of aliphatic hydroxyl groups excluding tert-OH is 2. The summed E-state index contributed by atoms with van der Waals surface area (Å²) < 4.78 is 15.1. The fraction of sp³-hybridized carbons (Fsp3) is 0.348. The normalized spacial score (nSPS) is 22.7. The third kappa shape index (κ3) is 4.40. The molecule has 1 aliphatic rings. The molecule has 3 aromatic rings. The third-order valence-electron chi connectivity index (χ3n) is 5.81. The molecule has 2 N–H and O–H groups in total. The summed E-state index contributed by atoms with van der Waals surface area (Å²) in [4.78, 5) is 2.25. The van der Waals surface area contributed by atoms with E-state index in [0.717, 1.165) is 23.4 Å². The largest absolute Gasteiger partial charge is 0.396 e. The predicted octanol–water partition coefficient (Wildman–Crippen LogP) is 2.80. The molecule has 0 bridgehead atoms. The minimum absolute atomic E-state index is 0.120. The fourth-order valence-electron chi connectivity index (χ4n) is 4.19. The first-order valence-electron chi connectivity index (χ1n) is 9.93. The molecule has 1 saturated heterocycles. The maximum absolute atomic E-state index is 13.2. The zero-order chi connectivity index (χ0) is 20.3. The van der Waals surface area contributed by atoms with Gasteiger partial charge in [0, 0.05) is 36.8 Å². The van der Waals surface area contributed by atoms with Crippen LogP contribution in [-0.2, 0) is 13.0 Å². The number of aliphatic hydroxyl groups is 2. The van der Waals surface area contributed by atoms with Gasteiger partial charge in [0.15, 0.2) is 0 Å². The molecular weight excluding hydrogens is 369 g/mol. The van der Waals surface area contributed by atoms with E-state index in [1.165, 1.54) is 12.1 Å². The van der Waals surface area contributed by atoms with Gasteiger partial charge in [-0.3, -0.25) is 4.90 Å². The highest BCUT2D eigenvalue weighted by Crippen LogP contribution is 2.34. The van der Waals surface area contributed by atoms with Crippen molar-refractivity contribution in [3.63, 3.8) is 0 Å². The van der Waals surface area contributed by atoms with Crippen molar-refractivity contribution in [2.24, 2.45) is 5.41 Å². The molecule has 0 aliphatic carbocycles. The van der Waals surface area contributed by atoms with E-state index in [9.17, 15) is 14.6 Å². The highest BCUT2D eigenvalue weighted by atomic mass is 19.1. The first-order chi connectivity index (χ1) is 14.1. The predicted molar refractivity (Wildman–Crippen MR) is 109 cm³/mol. The minimum atomic E-state index is -0.661. The molecule has 1 aliphatic heterocycles. The van der Waals surface area contributed by atoms with Gasteiger partial charge in [0.1, 0.15) is 5.82 Å². The molecule has 5 nitrogen and oxygen atoms in total. The van der Waals surface area contributed by atoms with Crippen molar-refractivity contribution >= 4 is 0 Å². The van der Waals surface area contributed by atoms with E-state index in [2.05, 4.69) is 10.00 Å². The SMILES string of the molecule is OC[C@]1(Cc2ccc(F)cc2)CN(Cc2cnn(-c3ccccc3)c2)CC[C@@H]1O. The number of rotatable bonds is 6. The summed E-state index contributed by atoms with van der Waals surface area (Å²) in [6, 6.07) is 16.2. The first kappa shape index (κ1) is 19.8. The maximum atomic E-state index is 13.2. The molecular formula is C23H26FN3O2. The van der Waals surface area contributed by atoms with E-state index in [1.807, 2.05) is 47.4 Å². The van der Waals surface area contributed by atoms with Crippen LogP contribution in [0.4, 0.5) is 4.39 Å². The van der Waals surface area contributed by atoms with Crippen LogP contribution in [0.5, 0.6) is 0 Å². The molecule has 1 aromatic heterocycles. The van der Waals surface area contributed by atoms with Gasteiger partial charge in [-0.05, 0) is 42.7 Å². The summed E-state index contributed by atoms with van der Waals surface area (Å²) >= 11 is 0. The Morgan fingerprint density at radius 2 is 1.83 bits per heavy atom. The van der Waals surface area contributed by atoms with Gasteiger partial charge in [-0.1, -0.05) is 30.3 Å². The van der Waals surface area contributed by atoms with Crippen LogP contribution in [0.1, 0.15) is 17.5 Å². The van der Waals surface area contributed by atoms with Crippen molar-refractivity contribution in [2.45, 2.75) is 25.5 Å². The summed E-state index contributed by atoms with van der Waals surface area (Å²) in [6.07, 6.45) is 4.37. The Hall–Kier alpha value is -2.54. The van der Waals surface area contributed by atoms with Crippen LogP contribution in [0.25, 0.3) is 5.69 Å². The van der Waals surface area contributed by atoms with Crippen molar-refractivity contribution in [3.05, 3.63) is 83.9 Å². The number of nitrogens with zero attached hydrogens (tertiary/aromatic N) is 3. The Morgan fingerprint density at radius 3 is 2.55 bits per heavy atom. The number of likely N-dealkylation sites (tertiary alicyclic amines) is 1. The van der Waals surface area contributed by atoms with Crippen molar-refractivity contribution in [1.82, 2.24) is 14.7 Å². The third-order valence-corrected chi connectivity index (χ3v) is 5.81. The smallest absolute Gasteiger partial charge is 0.123 e. The van der Waals surface area contributed by atoms with Crippen LogP contribution in [0.2, 0.25) is 0 Å². The van der Waals surface area contributed by atoms with Crippen molar-refractivity contribution in [2.75, 3.05) is 19.7 Å². The molecule has 6 heteroatoms. The van der Waals surface area contributed by atoms with E-state index < -0.39 is 11.5 Å². The van der Waals surface area contributed by atoms with Gasteiger partial charge in [-0.25, -0.2) is 9.07 Å². The average Bonchev–Trinajstić information content (AvgIpc) is 3.21. The quantitative estimate of drug-likeness (QED) is 0.674. The molecule has 152 valence electrons. The molecule has 2 heterocycles. The molecule has 4 rings (SSSR count). The molecule has 0 saturated carbocycles. The number of aromatic nitrogens is 2. The number of para-hydroxylation sites is 1. The standard InChI is InChI=1S/C23H26FN3O2/c24-20-8-6-18(7-9-20)12-23(17-28)16-26(11-10-22(23)29)14-19-13-25-27(15-19)21-4-2-1-3-5-21/h1-9,13,15,22,28-29H,10-12,14,16-17H2/t22-,23-/m0/s1. The van der Waals surface area contributed by atoms with Gasteiger partial charge < -0.3 is 10.2 Å². The van der Waals surface area contributed by atoms with Crippen molar-refractivity contribution < 1.29 is 14.6 Å². The number of hydrogen-bond acceptors (Lipinski definition) is 4. The highest BCUT2D eigenvalue weighted by molar-refractivity contribution is 5.31. The Morgan fingerprint density at radius 1 is 1.07 bits per heavy atom. The van der Waals surface area contributed by atoms with E-state index >= 15 is 0 Å². The second-order valence-corrected chi connectivity index (χ2v) is 7.97. The zero-order valence-corrected chi connectivity index (χ0v) is 16.3. The molecule has 29 heavy (non-hydrogen) atoms. The Balaban J connectivity index is 1.48. The molecule has 0 amide bonds. The Bertz CT molecular complexity index is 929. The zero-order valence-electron chi connectivity index (χ0n) is 16.3. The van der Waals surface area contributed by atoms with E-state index in [4.69, 9.17) is 0 Å². The lowest BCUT2D eigenvalue weighted by atomic mass is 9.73. The molecule has 1 fully saturated rings. The van der Waals surface area contributed by atoms with Crippen LogP contribution in [0.3, 0.4) is 0 Å². The molecule has 2 atom stereocenters. The second-order valence-electron chi connectivity index (χ2n) is 7.97. The van der Waals surface area contributed by atoms with Crippen molar-refractivity contribution in [1.29, 1.82) is 0 Å². The number of hydrogen-bond donors (Lipinski definition) is 2. The number of benzene rings is 2. The van der Waals surface area contributed by atoms with Gasteiger partial charge in [0.05, 0.1) is 24.6 Å². The lowest BCUT2D eigenvalue weighted by Gasteiger charge is -2.45. The first-order valence-corrected chi connectivity index (χ1v) is 9.93. The van der Waals surface area contributed by atoms with Gasteiger partial charge >= 0.3 is 0 Å². The number of halogens is 1. The summed E-state index contributed by atoms with van der Waals surface area (Å²) in [5.74, 6) is -0.284. The molecule has 0 spiro atoms. The van der Waals surface area contributed by atoms with E-state index in [1.54, 1.807) is 12.1 Å². The van der Waals surface area contributed by atoms with Crippen LogP contribution < -0.4 is 0 Å². The van der Waals surface area contributed by atoms with Crippen LogP contribution >= 0.6 is 0 Å². The van der Waals surface area contributed by atoms with Gasteiger partial charge in [-0.15, -0.1) is 0 Å². The summed E-state index contributed by atoms with van der Waals surface area (Å²) in [6.45, 7) is 1.90. The average molecular weight is 395 g/mol. The highest BCUT2D eigenvalue weighted by Gasteiger charge is 2.42. The van der Waals surface area contributed by atoms with E-state index in [0.29, 0.717) is 25.9 Å². The Labute approximate surface area is 170 Å². The van der Waals surface area contributed by atoms with Gasteiger partial charge in [0.2, 0.25) is 0 Å². The second kappa shape index (κ2) is 8.45. The van der Waals surface area contributed by atoms with Gasteiger partial charge in [-0.2, -0.15) is 5.10 Å². The Kier molecular flexibility index (Phi) is 5.76. The summed E-state index contributed by atoms with van der Waals surface area (Å²) in [7, 11) is 0. The van der Waals surface area contributed by atoms with Crippen LogP contribution in [-0.4, -0.2) is 50.7 Å². The fourth-order valence-corrected chi connectivity index (χ4v) is 4.19. The summed E-state index contributed by atoms with van der Waals surface area (Å²) in [5, 5.41) is 25.3. The van der Waals surface area contributed by atoms with Crippen molar-refractivity contribution in [3.8, 4) is 5.69 Å². The molecule has 0 unspecified atom stereocenters. The summed E-state index contributed by atoms with van der Waals surface area (Å²) in [5.41, 5.74) is 2.34. The maximum Gasteiger partial charge on any atom is 0.123 e. The lowest BCUT2D eigenvalue weighted by molar-refractivity contribution is -0.0768. The van der Waals surface area contributed by atoms with Crippen LogP contribution in [0.15, 0.2) is 67.0 Å². The molecule has 0 radical (unpaired) electrons. The number of piperidine rings is 1. The topological polar surface area (TPSA) is 61.5 Å². The van der Waals surface area contributed by atoms with Crippen LogP contribution in [0, 0.1) is 11.2 Å². The molecule has 2 aromatic carbocycles. The van der Waals surface area contributed by atoms with Gasteiger partial charge in [0.25, 0.3) is 0 Å². The minimum Gasteiger partial charge on any atom is -0.396 e. The monoisotopic (exact) mass is 395 g/mol.